The Bertz CT molecular complexity index is 581. The molecule has 0 aromatic heterocycles. The topological polar surface area (TPSA) is 20.2 Å². The number of hydrogen-bond acceptors (Lipinski definition) is 1. The van der Waals surface area contributed by atoms with Gasteiger partial charge in [0, 0.05) is 11.5 Å². The Morgan fingerprint density at radius 3 is 2.24 bits per heavy atom. The molecule has 0 saturated carbocycles. The third-order valence-electron chi connectivity index (χ3n) is 4.14. The molecule has 1 nitrogen and oxygen atoms in total. The van der Waals surface area contributed by atoms with Crippen molar-refractivity contribution in [2.75, 3.05) is 0 Å². The number of hydrogen-bond donors (Lipinski definition) is 1. The van der Waals surface area contributed by atoms with Crippen LogP contribution in [0.2, 0.25) is 0 Å². The van der Waals surface area contributed by atoms with Gasteiger partial charge in [-0.05, 0) is 42.9 Å². The van der Waals surface area contributed by atoms with E-state index >= 15 is 0 Å². The van der Waals surface area contributed by atoms with Crippen LogP contribution in [0.5, 0.6) is 5.75 Å². The lowest BCUT2D eigenvalue weighted by atomic mass is 9.90. The highest BCUT2D eigenvalue weighted by atomic mass is 16.3. The number of aromatic hydroxyl groups is 1. The van der Waals surface area contributed by atoms with Crippen molar-refractivity contribution in [2.24, 2.45) is 5.92 Å². The van der Waals surface area contributed by atoms with E-state index in [4.69, 9.17) is 0 Å². The first kappa shape index (κ1) is 15.6. The van der Waals surface area contributed by atoms with Crippen LogP contribution in [0.3, 0.4) is 0 Å². The molecule has 0 bridgehead atoms. The summed E-state index contributed by atoms with van der Waals surface area (Å²) in [6.45, 7) is 8.73. The Labute approximate surface area is 128 Å². The van der Waals surface area contributed by atoms with Crippen molar-refractivity contribution in [3.05, 3.63) is 64.7 Å². The molecule has 112 valence electrons. The first-order valence-corrected chi connectivity index (χ1v) is 7.85. The van der Waals surface area contributed by atoms with Crippen molar-refractivity contribution in [3.8, 4) is 5.75 Å². The van der Waals surface area contributed by atoms with Gasteiger partial charge in [-0.25, -0.2) is 0 Å². The molecule has 1 heteroatoms. The van der Waals surface area contributed by atoms with Crippen molar-refractivity contribution >= 4 is 0 Å². The smallest absolute Gasteiger partial charge is 0.119 e. The Balaban J connectivity index is 2.16. The van der Waals surface area contributed by atoms with E-state index < -0.39 is 0 Å². The fraction of sp³-hybridized carbons (Fsp3) is 0.400. The minimum atomic E-state index is 0.212. The molecule has 0 fully saturated rings. The first-order chi connectivity index (χ1) is 9.97. The molecule has 1 atom stereocenters. The Morgan fingerprint density at radius 1 is 0.952 bits per heavy atom. The van der Waals surface area contributed by atoms with E-state index in [0.717, 1.165) is 17.9 Å². The van der Waals surface area contributed by atoms with E-state index in [0.29, 0.717) is 5.75 Å². The predicted octanol–water partition coefficient (Wildman–Crippen LogP) is 5.44. The van der Waals surface area contributed by atoms with Gasteiger partial charge in [-0.15, -0.1) is 0 Å². The van der Waals surface area contributed by atoms with Crippen LogP contribution in [-0.4, -0.2) is 5.11 Å². The second kappa shape index (κ2) is 6.80. The quantitative estimate of drug-likeness (QED) is 0.774. The highest BCUT2D eigenvalue weighted by molar-refractivity contribution is 5.43. The molecule has 0 heterocycles. The molecule has 1 N–H and O–H groups in total. The molecule has 0 aliphatic rings. The second-order valence-electron chi connectivity index (χ2n) is 6.46. The predicted molar refractivity (Wildman–Crippen MR) is 90.0 cm³/mol. The molecule has 0 amide bonds. The van der Waals surface area contributed by atoms with Crippen LogP contribution in [0.15, 0.2) is 42.5 Å². The summed E-state index contributed by atoms with van der Waals surface area (Å²) in [5.41, 5.74) is 4.84. The molecular weight excluding hydrogens is 256 g/mol. The average Bonchev–Trinajstić information content (AvgIpc) is 2.47. The molecule has 21 heavy (non-hydrogen) atoms. The molecule has 2 aromatic rings. The van der Waals surface area contributed by atoms with Gasteiger partial charge in [0.05, 0.1) is 0 Å². The van der Waals surface area contributed by atoms with E-state index in [9.17, 15) is 5.11 Å². The molecular formula is C20H26O. The molecule has 1 unspecified atom stereocenters. The number of phenolic OH excluding ortho intramolecular Hbond substituents is 1. The SMILES string of the molecule is Cc1ccc(O)c(C(C)c2ccc(CCC(C)C)cc2)c1. The number of benzene rings is 2. The minimum Gasteiger partial charge on any atom is -0.508 e. The highest BCUT2D eigenvalue weighted by Crippen LogP contribution is 2.31. The zero-order valence-electron chi connectivity index (χ0n) is 13.6. The zero-order valence-corrected chi connectivity index (χ0v) is 13.6. The van der Waals surface area contributed by atoms with Crippen LogP contribution < -0.4 is 0 Å². The lowest BCUT2D eigenvalue weighted by Crippen LogP contribution is -1.98. The summed E-state index contributed by atoms with van der Waals surface area (Å²) in [6, 6.07) is 14.7. The van der Waals surface area contributed by atoms with Gasteiger partial charge in [-0.3, -0.25) is 0 Å². The van der Waals surface area contributed by atoms with Gasteiger partial charge in [0.1, 0.15) is 5.75 Å². The minimum absolute atomic E-state index is 0.212. The van der Waals surface area contributed by atoms with Crippen LogP contribution in [0.1, 0.15) is 55.4 Å². The maximum atomic E-state index is 10.1. The van der Waals surface area contributed by atoms with Crippen molar-refractivity contribution in [1.82, 2.24) is 0 Å². The lowest BCUT2D eigenvalue weighted by molar-refractivity contribution is 0.466. The van der Waals surface area contributed by atoms with Crippen molar-refractivity contribution in [3.63, 3.8) is 0 Å². The standard InChI is InChI=1S/C20H26O/c1-14(2)5-7-17-8-10-18(11-9-17)16(4)19-13-15(3)6-12-20(19)21/h6,8-14,16,21H,5,7H2,1-4H3. The van der Waals surface area contributed by atoms with Crippen LogP contribution in [0.25, 0.3) is 0 Å². The highest BCUT2D eigenvalue weighted by Gasteiger charge is 2.12. The molecule has 2 aromatic carbocycles. The fourth-order valence-electron chi connectivity index (χ4n) is 2.63. The van der Waals surface area contributed by atoms with Gasteiger partial charge in [0.15, 0.2) is 0 Å². The van der Waals surface area contributed by atoms with Gasteiger partial charge in [-0.1, -0.05) is 62.7 Å². The largest absolute Gasteiger partial charge is 0.508 e. The second-order valence-corrected chi connectivity index (χ2v) is 6.46. The maximum Gasteiger partial charge on any atom is 0.119 e. The van der Waals surface area contributed by atoms with E-state index in [2.05, 4.69) is 58.0 Å². The Hall–Kier alpha value is -1.76. The summed E-state index contributed by atoms with van der Waals surface area (Å²) in [7, 11) is 0. The van der Waals surface area contributed by atoms with Crippen molar-refractivity contribution in [1.29, 1.82) is 0 Å². The number of rotatable bonds is 5. The zero-order chi connectivity index (χ0) is 15.4. The summed E-state index contributed by atoms with van der Waals surface area (Å²) in [6.07, 6.45) is 2.37. The molecule has 0 radical (unpaired) electrons. The van der Waals surface area contributed by atoms with Gasteiger partial charge >= 0.3 is 0 Å². The van der Waals surface area contributed by atoms with Crippen LogP contribution in [0, 0.1) is 12.8 Å². The van der Waals surface area contributed by atoms with Gasteiger partial charge in [0.25, 0.3) is 0 Å². The molecule has 2 rings (SSSR count). The summed E-state index contributed by atoms with van der Waals surface area (Å²) < 4.78 is 0. The fourth-order valence-corrected chi connectivity index (χ4v) is 2.63. The van der Waals surface area contributed by atoms with Crippen molar-refractivity contribution in [2.45, 2.75) is 46.5 Å². The normalized spacial score (nSPS) is 12.6. The average molecular weight is 282 g/mol. The number of aryl methyl sites for hydroxylation is 2. The lowest BCUT2D eigenvalue weighted by Gasteiger charge is -2.15. The summed E-state index contributed by atoms with van der Waals surface area (Å²) in [5.74, 6) is 1.34. The summed E-state index contributed by atoms with van der Waals surface area (Å²) >= 11 is 0. The third-order valence-corrected chi connectivity index (χ3v) is 4.14. The van der Waals surface area contributed by atoms with Crippen molar-refractivity contribution < 1.29 is 5.11 Å². The maximum absolute atomic E-state index is 10.1. The number of phenols is 1. The van der Waals surface area contributed by atoms with E-state index in [1.54, 1.807) is 6.07 Å². The van der Waals surface area contributed by atoms with E-state index in [1.165, 1.54) is 23.1 Å². The van der Waals surface area contributed by atoms with Gasteiger partial charge < -0.3 is 5.11 Å². The van der Waals surface area contributed by atoms with E-state index in [-0.39, 0.29) is 5.92 Å². The van der Waals surface area contributed by atoms with Crippen LogP contribution >= 0.6 is 0 Å². The van der Waals surface area contributed by atoms with Crippen LogP contribution in [0.4, 0.5) is 0 Å². The van der Waals surface area contributed by atoms with E-state index in [1.807, 2.05) is 6.07 Å². The molecule has 0 aliphatic heterocycles. The third kappa shape index (κ3) is 4.10. The molecule has 0 aliphatic carbocycles. The first-order valence-electron chi connectivity index (χ1n) is 7.85. The summed E-state index contributed by atoms with van der Waals surface area (Å²) in [5, 5.41) is 10.1. The van der Waals surface area contributed by atoms with Gasteiger partial charge in [0.2, 0.25) is 0 Å². The molecule has 0 spiro atoms. The Morgan fingerprint density at radius 2 is 1.62 bits per heavy atom. The summed E-state index contributed by atoms with van der Waals surface area (Å²) in [4.78, 5) is 0. The molecule has 0 saturated heterocycles. The van der Waals surface area contributed by atoms with Gasteiger partial charge in [-0.2, -0.15) is 0 Å². The Kier molecular flexibility index (Phi) is 5.06. The monoisotopic (exact) mass is 282 g/mol. The van der Waals surface area contributed by atoms with Crippen LogP contribution in [-0.2, 0) is 6.42 Å².